The molecule has 0 bridgehead atoms. The van der Waals surface area contributed by atoms with Crippen molar-refractivity contribution in [2.75, 3.05) is 19.6 Å². The van der Waals surface area contributed by atoms with Crippen LogP contribution in [-0.4, -0.2) is 30.6 Å². The van der Waals surface area contributed by atoms with Gasteiger partial charge in [-0.2, -0.15) is 0 Å². The van der Waals surface area contributed by atoms with Gasteiger partial charge in [-0.05, 0) is 69.9 Å². The number of benzene rings is 1. The number of likely N-dealkylation sites (tertiary alicyclic amines) is 1. The van der Waals surface area contributed by atoms with Crippen molar-refractivity contribution in [1.29, 1.82) is 0 Å². The summed E-state index contributed by atoms with van der Waals surface area (Å²) in [6, 6.07) is 9.66. The predicted molar refractivity (Wildman–Crippen MR) is 90.0 cm³/mol. The first kappa shape index (κ1) is 16.0. The molecule has 2 nitrogen and oxygen atoms in total. The molecule has 0 radical (unpaired) electrons. The first-order valence-electron chi connectivity index (χ1n) is 7.84. The second-order valence-electron chi connectivity index (χ2n) is 6.00. The highest BCUT2D eigenvalue weighted by atomic mass is 79.9. The summed E-state index contributed by atoms with van der Waals surface area (Å²) in [4.78, 5) is 2.56. The molecule has 1 aliphatic heterocycles. The fourth-order valence-electron chi connectivity index (χ4n) is 3.15. The Morgan fingerprint density at radius 3 is 2.35 bits per heavy atom. The third kappa shape index (κ3) is 4.31. The van der Waals surface area contributed by atoms with E-state index in [9.17, 15) is 0 Å². The maximum Gasteiger partial charge on any atom is 0.0294 e. The molecular formula is C17H27BrN2. The van der Waals surface area contributed by atoms with Crippen molar-refractivity contribution in [3.05, 3.63) is 34.3 Å². The quantitative estimate of drug-likeness (QED) is 0.864. The minimum absolute atomic E-state index is 0.419. The van der Waals surface area contributed by atoms with Crippen LogP contribution in [0.15, 0.2) is 28.7 Å². The SMILES string of the molecule is CCN1CCC(C(C)NC(C)c2ccc(Br)cc2)CC1. The first-order chi connectivity index (χ1) is 9.60. The van der Waals surface area contributed by atoms with Gasteiger partial charge < -0.3 is 10.2 Å². The average Bonchev–Trinajstić information content (AvgIpc) is 2.48. The van der Waals surface area contributed by atoms with Gasteiger partial charge in [0, 0.05) is 16.6 Å². The fraction of sp³-hybridized carbons (Fsp3) is 0.647. The fourth-order valence-corrected chi connectivity index (χ4v) is 3.41. The van der Waals surface area contributed by atoms with Crippen LogP contribution >= 0.6 is 15.9 Å². The Hall–Kier alpha value is -0.380. The van der Waals surface area contributed by atoms with Crippen molar-refractivity contribution < 1.29 is 0 Å². The minimum Gasteiger partial charge on any atom is -0.307 e. The van der Waals surface area contributed by atoms with E-state index in [0.29, 0.717) is 12.1 Å². The van der Waals surface area contributed by atoms with E-state index in [0.717, 1.165) is 10.4 Å². The van der Waals surface area contributed by atoms with Gasteiger partial charge >= 0.3 is 0 Å². The van der Waals surface area contributed by atoms with Crippen LogP contribution in [-0.2, 0) is 0 Å². The van der Waals surface area contributed by atoms with Gasteiger partial charge in [-0.15, -0.1) is 0 Å². The van der Waals surface area contributed by atoms with E-state index < -0.39 is 0 Å². The van der Waals surface area contributed by atoms with E-state index in [4.69, 9.17) is 0 Å². The van der Waals surface area contributed by atoms with Gasteiger partial charge in [0.1, 0.15) is 0 Å². The number of hydrogen-bond acceptors (Lipinski definition) is 2. The van der Waals surface area contributed by atoms with Crippen LogP contribution in [0.2, 0.25) is 0 Å². The van der Waals surface area contributed by atoms with Crippen molar-refractivity contribution >= 4 is 15.9 Å². The Bertz CT molecular complexity index is 396. The normalized spacial score (nSPS) is 20.8. The van der Waals surface area contributed by atoms with E-state index >= 15 is 0 Å². The molecule has 112 valence electrons. The molecule has 0 aromatic heterocycles. The van der Waals surface area contributed by atoms with Gasteiger partial charge in [-0.1, -0.05) is 35.0 Å². The Balaban J connectivity index is 1.84. The van der Waals surface area contributed by atoms with Gasteiger partial charge in [0.2, 0.25) is 0 Å². The van der Waals surface area contributed by atoms with E-state index in [2.05, 4.69) is 71.2 Å². The van der Waals surface area contributed by atoms with Crippen molar-refractivity contribution in [2.24, 2.45) is 5.92 Å². The molecule has 0 spiro atoms. The topological polar surface area (TPSA) is 15.3 Å². The van der Waals surface area contributed by atoms with Crippen LogP contribution in [0, 0.1) is 5.92 Å². The number of halogens is 1. The standard InChI is InChI=1S/C17H27BrN2/c1-4-20-11-9-16(10-12-20)14(3)19-13(2)15-5-7-17(18)8-6-15/h5-8,13-14,16,19H,4,9-12H2,1-3H3. The summed E-state index contributed by atoms with van der Waals surface area (Å²) in [5.74, 6) is 0.815. The molecule has 1 fully saturated rings. The molecule has 0 amide bonds. The summed E-state index contributed by atoms with van der Waals surface area (Å²) >= 11 is 3.50. The zero-order chi connectivity index (χ0) is 14.5. The van der Waals surface area contributed by atoms with Crippen molar-refractivity contribution in [1.82, 2.24) is 10.2 Å². The molecule has 20 heavy (non-hydrogen) atoms. The second kappa shape index (κ2) is 7.58. The highest BCUT2D eigenvalue weighted by Gasteiger charge is 2.24. The molecule has 1 aromatic rings. The lowest BCUT2D eigenvalue weighted by Gasteiger charge is -2.35. The molecule has 1 saturated heterocycles. The first-order valence-corrected chi connectivity index (χ1v) is 8.63. The molecule has 1 aromatic carbocycles. The Kier molecular flexibility index (Phi) is 6.06. The summed E-state index contributed by atoms with van der Waals surface area (Å²) in [6.45, 7) is 10.6. The molecule has 0 aliphatic carbocycles. The minimum atomic E-state index is 0.419. The number of rotatable bonds is 5. The van der Waals surface area contributed by atoms with Crippen LogP contribution in [0.1, 0.15) is 45.2 Å². The second-order valence-corrected chi connectivity index (χ2v) is 6.92. The number of nitrogens with zero attached hydrogens (tertiary/aromatic N) is 1. The number of nitrogens with one attached hydrogen (secondary N) is 1. The summed E-state index contributed by atoms with van der Waals surface area (Å²) in [5.41, 5.74) is 1.37. The maximum absolute atomic E-state index is 3.78. The molecule has 2 atom stereocenters. The lowest BCUT2D eigenvalue weighted by Crippen LogP contribution is -2.42. The van der Waals surface area contributed by atoms with Gasteiger partial charge in [-0.25, -0.2) is 0 Å². The van der Waals surface area contributed by atoms with Crippen LogP contribution in [0.4, 0.5) is 0 Å². The summed E-state index contributed by atoms with van der Waals surface area (Å²) in [7, 11) is 0. The van der Waals surface area contributed by atoms with E-state index in [1.54, 1.807) is 0 Å². The molecule has 2 unspecified atom stereocenters. The van der Waals surface area contributed by atoms with E-state index in [1.807, 2.05) is 0 Å². The van der Waals surface area contributed by atoms with Gasteiger partial charge in [0.15, 0.2) is 0 Å². The average molecular weight is 339 g/mol. The smallest absolute Gasteiger partial charge is 0.0294 e. The van der Waals surface area contributed by atoms with Gasteiger partial charge in [0.05, 0.1) is 0 Å². The summed E-state index contributed by atoms with van der Waals surface area (Å²) < 4.78 is 1.15. The Labute approximate surface area is 132 Å². The van der Waals surface area contributed by atoms with E-state index in [-0.39, 0.29) is 0 Å². The zero-order valence-electron chi connectivity index (χ0n) is 12.9. The van der Waals surface area contributed by atoms with Crippen LogP contribution in [0.25, 0.3) is 0 Å². The van der Waals surface area contributed by atoms with Crippen LogP contribution < -0.4 is 5.32 Å². The predicted octanol–water partition coefficient (Wildman–Crippen LogP) is 4.22. The van der Waals surface area contributed by atoms with E-state index in [1.165, 1.54) is 38.0 Å². The molecule has 0 saturated carbocycles. The third-order valence-electron chi connectivity index (χ3n) is 4.67. The van der Waals surface area contributed by atoms with Gasteiger partial charge in [0.25, 0.3) is 0 Å². The highest BCUT2D eigenvalue weighted by molar-refractivity contribution is 9.10. The highest BCUT2D eigenvalue weighted by Crippen LogP contribution is 2.23. The molecule has 1 heterocycles. The monoisotopic (exact) mass is 338 g/mol. The van der Waals surface area contributed by atoms with Crippen molar-refractivity contribution in [3.8, 4) is 0 Å². The van der Waals surface area contributed by atoms with Gasteiger partial charge in [-0.3, -0.25) is 0 Å². The largest absolute Gasteiger partial charge is 0.307 e. The Morgan fingerprint density at radius 1 is 1.20 bits per heavy atom. The molecule has 1 aliphatic rings. The molecule has 2 rings (SSSR count). The Morgan fingerprint density at radius 2 is 1.80 bits per heavy atom. The molecular weight excluding hydrogens is 312 g/mol. The third-order valence-corrected chi connectivity index (χ3v) is 5.20. The number of hydrogen-bond donors (Lipinski definition) is 1. The number of piperidine rings is 1. The lowest BCUT2D eigenvalue weighted by atomic mass is 9.89. The zero-order valence-corrected chi connectivity index (χ0v) is 14.5. The summed E-state index contributed by atoms with van der Waals surface area (Å²) in [5, 5.41) is 3.78. The van der Waals surface area contributed by atoms with Crippen molar-refractivity contribution in [3.63, 3.8) is 0 Å². The van der Waals surface area contributed by atoms with Crippen molar-refractivity contribution in [2.45, 2.75) is 45.7 Å². The van der Waals surface area contributed by atoms with Crippen LogP contribution in [0.3, 0.4) is 0 Å². The van der Waals surface area contributed by atoms with Crippen LogP contribution in [0.5, 0.6) is 0 Å². The maximum atomic E-state index is 3.78. The molecule has 3 heteroatoms. The molecule has 1 N–H and O–H groups in total. The summed E-state index contributed by atoms with van der Waals surface area (Å²) in [6.07, 6.45) is 2.66. The lowest BCUT2D eigenvalue weighted by molar-refractivity contribution is 0.165.